The van der Waals surface area contributed by atoms with Gasteiger partial charge in [-0.05, 0) is 54.8 Å². The molecule has 1 amide bonds. The highest BCUT2D eigenvalue weighted by atomic mass is 35.5. The van der Waals surface area contributed by atoms with E-state index >= 15 is 0 Å². The number of carbonyl (C=O) groups is 1. The predicted octanol–water partition coefficient (Wildman–Crippen LogP) is 5.88. The smallest absolute Gasteiger partial charge is 0.416 e. The zero-order chi connectivity index (χ0) is 21.2. The van der Waals surface area contributed by atoms with Crippen LogP contribution in [0.15, 0.2) is 42.5 Å². The fourth-order valence-electron chi connectivity index (χ4n) is 3.40. The maximum atomic E-state index is 13.5. The molecule has 2 aromatic rings. The maximum absolute atomic E-state index is 13.5. The molecule has 0 radical (unpaired) electrons. The SMILES string of the molecule is COc1ccc(C(F)(F)F)cc1C1CCCN1C(=O)/C=C/c1ccc(Cl)c(F)c1. The quantitative estimate of drug-likeness (QED) is 0.450. The van der Waals surface area contributed by atoms with Gasteiger partial charge in [0.25, 0.3) is 0 Å². The second kappa shape index (κ2) is 8.45. The van der Waals surface area contributed by atoms with Crippen LogP contribution < -0.4 is 4.74 Å². The molecule has 1 saturated heterocycles. The normalized spacial score (nSPS) is 17.2. The molecule has 1 fully saturated rings. The lowest BCUT2D eigenvalue weighted by molar-refractivity contribution is -0.137. The molecule has 1 heterocycles. The largest absolute Gasteiger partial charge is 0.496 e. The van der Waals surface area contributed by atoms with Crippen molar-refractivity contribution in [3.8, 4) is 5.75 Å². The number of ether oxygens (including phenoxy) is 1. The van der Waals surface area contributed by atoms with Crippen molar-refractivity contribution in [3.63, 3.8) is 0 Å². The molecule has 8 heteroatoms. The van der Waals surface area contributed by atoms with E-state index in [2.05, 4.69) is 0 Å². The highest BCUT2D eigenvalue weighted by Crippen LogP contribution is 2.40. The molecule has 1 aliphatic heterocycles. The number of carbonyl (C=O) groups excluding carboxylic acids is 1. The minimum Gasteiger partial charge on any atom is -0.496 e. The average molecular weight is 428 g/mol. The summed E-state index contributed by atoms with van der Waals surface area (Å²) in [7, 11) is 1.38. The number of methoxy groups -OCH3 is 1. The molecule has 1 atom stereocenters. The number of amides is 1. The Hall–Kier alpha value is -2.54. The average Bonchev–Trinajstić information content (AvgIpc) is 3.17. The number of halogens is 5. The van der Waals surface area contributed by atoms with Crippen molar-refractivity contribution < 1.29 is 27.1 Å². The molecule has 0 aliphatic carbocycles. The summed E-state index contributed by atoms with van der Waals surface area (Å²) in [5.74, 6) is -0.678. The first kappa shape index (κ1) is 21.2. The lowest BCUT2D eigenvalue weighted by atomic mass is 10.00. The number of benzene rings is 2. The summed E-state index contributed by atoms with van der Waals surface area (Å²) in [5.41, 5.74) is -0.0217. The Labute approximate surface area is 170 Å². The Morgan fingerprint density at radius 3 is 2.66 bits per heavy atom. The lowest BCUT2D eigenvalue weighted by Crippen LogP contribution is -2.29. The van der Waals surface area contributed by atoms with E-state index in [4.69, 9.17) is 16.3 Å². The van der Waals surface area contributed by atoms with Gasteiger partial charge in [0.15, 0.2) is 0 Å². The van der Waals surface area contributed by atoms with Crippen molar-refractivity contribution in [2.75, 3.05) is 13.7 Å². The zero-order valence-corrected chi connectivity index (χ0v) is 16.2. The Kier molecular flexibility index (Phi) is 6.17. The van der Waals surface area contributed by atoms with Gasteiger partial charge in [-0.15, -0.1) is 0 Å². The fourth-order valence-corrected chi connectivity index (χ4v) is 3.52. The number of nitrogens with zero attached hydrogens (tertiary/aromatic N) is 1. The molecule has 1 unspecified atom stereocenters. The van der Waals surface area contributed by atoms with Crippen LogP contribution in [0.2, 0.25) is 5.02 Å². The van der Waals surface area contributed by atoms with E-state index in [-0.39, 0.29) is 10.9 Å². The minimum atomic E-state index is -4.49. The van der Waals surface area contributed by atoms with E-state index < -0.39 is 23.6 Å². The van der Waals surface area contributed by atoms with E-state index in [1.807, 2.05) is 0 Å². The number of hydrogen-bond acceptors (Lipinski definition) is 2. The molecule has 3 nitrogen and oxygen atoms in total. The molecule has 0 bridgehead atoms. The van der Waals surface area contributed by atoms with Gasteiger partial charge in [-0.1, -0.05) is 17.7 Å². The Morgan fingerprint density at radius 2 is 2.00 bits per heavy atom. The number of likely N-dealkylation sites (tertiary alicyclic amines) is 1. The maximum Gasteiger partial charge on any atom is 0.416 e. The van der Waals surface area contributed by atoms with E-state index in [0.717, 1.165) is 12.1 Å². The third-order valence-corrected chi connectivity index (χ3v) is 5.12. The van der Waals surface area contributed by atoms with Gasteiger partial charge < -0.3 is 9.64 Å². The van der Waals surface area contributed by atoms with Crippen molar-refractivity contribution in [1.82, 2.24) is 4.90 Å². The number of hydrogen-bond donors (Lipinski definition) is 0. The highest BCUT2D eigenvalue weighted by Gasteiger charge is 2.35. The third kappa shape index (κ3) is 4.72. The van der Waals surface area contributed by atoms with Gasteiger partial charge in [0, 0.05) is 18.2 Å². The van der Waals surface area contributed by atoms with Crippen LogP contribution in [-0.2, 0) is 11.0 Å². The molecule has 2 aromatic carbocycles. The second-order valence-corrected chi connectivity index (χ2v) is 7.06. The fraction of sp³-hybridized carbons (Fsp3) is 0.286. The molecule has 1 aliphatic rings. The molecular weight excluding hydrogens is 410 g/mol. The Bertz CT molecular complexity index is 943. The molecule has 0 saturated carbocycles. The first-order chi connectivity index (χ1) is 13.7. The zero-order valence-electron chi connectivity index (χ0n) is 15.5. The van der Waals surface area contributed by atoms with Gasteiger partial charge in [0.05, 0.1) is 23.7 Å². The van der Waals surface area contributed by atoms with Crippen molar-refractivity contribution in [3.05, 3.63) is 70.0 Å². The summed E-state index contributed by atoms with van der Waals surface area (Å²) in [6.07, 6.45) is -0.597. The number of rotatable bonds is 4. The van der Waals surface area contributed by atoms with Crippen molar-refractivity contribution in [2.45, 2.75) is 25.1 Å². The molecule has 29 heavy (non-hydrogen) atoms. The molecule has 0 N–H and O–H groups in total. The van der Waals surface area contributed by atoms with Crippen LogP contribution in [-0.4, -0.2) is 24.5 Å². The van der Waals surface area contributed by atoms with Gasteiger partial charge in [-0.25, -0.2) is 4.39 Å². The van der Waals surface area contributed by atoms with Crippen molar-refractivity contribution >= 4 is 23.6 Å². The van der Waals surface area contributed by atoms with Gasteiger partial charge >= 0.3 is 6.18 Å². The second-order valence-electron chi connectivity index (χ2n) is 6.65. The summed E-state index contributed by atoms with van der Waals surface area (Å²) < 4.78 is 58.2. The summed E-state index contributed by atoms with van der Waals surface area (Å²) >= 11 is 5.64. The topological polar surface area (TPSA) is 29.5 Å². The lowest BCUT2D eigenvalue weighted by Gasteiger charge is -2.26. The van der Waals surface area contributed by atoms with Crippen molar-refractivity contribution in [1.29, 1.82) is 0 Å². The van der Waals surface area contributed by atoms with Gasteiger partial charge in [-0.3, -0.25) is 4.79 Å². The van der Waals surface area contributed by atoms with Crippen LogP contribution in [0, 0.1) is 5.82 Å². The molecule has 154 valence electrons. The first-order valence-electron chi connectivity index (χ1n) is 8.89. The number of alkyl halides is 3. The van der Waals surface area contributed by atoms with Crippen LogP contribution >= 0.6 is 11.6 Å². The molecule has 0 aromatic heterocycles. The monoisotopic (exact) mass is 427 g/mol. The van der Waals surface area contributed by atoms with Gasteiger partial charge in [-0.2, -0.15) is 13.2 Å². The van der Waals surface area contributed by atoms with Gasteiger partial charge in [0.1, 0.15) is 11.6 Å². The first-order valence-corrected chi connectivity index (χ1v) is 9.27. The molecular formula is C21H18ClF4NO2. The molecule has 3 rings (SSSR count). The summed E-state index contributed by atoms with van der Waals surface area (Å²) in [4.78, 5) is 14.2. The van der Waals surface area contributed by atoms with Crippen molar-refractivity contribution in [2.24, 2.45) is 0 Å². The van der Waals surface area contributed by atoms with E-state index in [1.165, 1.54) is 42.4 Å². The summed E-state index contributed by atoms with van der Waals surface area (Å²) in [6, 6.07) is 6.87. The highest BCUT2D eigenvalue weighted by molar-refractivity contribution is 6.30. The Balaban J connectivity index is 1.86. The van der Waals surface area contributed by atoms with Gasteiger partial charge in [0.2, 0.25) is 5.91 Å². The summed E-state index contributed by atoms with van der Waals surface area (Å²) in [6.45, 7) is 0.405. The molecule has 0 spiro atoms. The Morgan fingerprint density at radius 1 is 1.24 bits per heavy atom. The van der Waals surface area contributed by atoms with Crippen LogP contribution in [0.4, 0.5) is 17.6 Å². The van der Waals surface area contributed by atoms with Crippen LogP contribution in [0.1, 0.15) is 35.6 Å². The van der Waals surface area contributed by atoms with Crippen LogP contribution in [0.25, 0.3) is 6.08 Å². The van der Waals surface area contributed by atoms with Crippen LogP contribution in [0.5, 0.6) is 5.75 Å². The van der Waals surface area contributed by atoms with Crippen LogP contribution in [0.3, 0.4) is 0 Å². The standard InChI is InChI=1S/C21H18ClF4NO2/c1-29-19-8-6-14(21(24,25)26)12-15(19)18-3-2-10-27(18)20(28)9-5-13-4-7-16(22)17(23)11-13/h4-9,11-12,18H,2-3,10H2,1H3/b9-5+. The van der Waals surface area contributed by atoms with E-state index in [0.29, 0.717) is 36.3 Å². The van der Waals surface area contributed by atoms with E-state index in [1.54, 1.807) is 6.07 Å². The predicted molar refractivity (Wildman–Crippen MR) is 102 cm³/mol. The minimum absolute atomic E-state index is 0.0234. The third-order valence-electron chi connectivity index (χ3n) is 4.81. The summed E-state index contributed by atoms with van der Waals surface area (Å²) in [5, 5.41) is -0.0234. The van der Waals surface area contributed by atoms with E-state index in [9.17, 15) is 22.4 Å².